The number of aromatic amines is 1. The van der Waals surface area contributed by atoms with Crippen molar-refractivity contribution in [3.05, 3.63) is 39.9 Å². The van der Waals surface area contributed by atoms with Crippen LogP contribution >= 0.6 is 0 Å². The Morgan fingerprint density at radius 3 is 2.44 bits per heavy atom. The number of hydrogen-bond acceptors (Lipinski definition) is 7. The Morgan fingerprint density at radius 2 is 1.78 bits per heavy atom. The highest BCUT2D eigenvalue weighted by atomic mass is 16.1. The van der Waals surface area contributed by atoms with E-state index in [2.05, 4.69) is 44.8 Å². The van der Waals surface area contributed by atoms with E-state index in [9.17, 15) is 4.79 Å². The van der Waals surface area contributed by atoms with Crippen LogP contribution < -0.4 is 21.1 Å². The number of H-pyrrole nitrogens is 1. The molecule has 0 saturated carbocycles. The maximum absolute atomic E-state index is 11.7. The first-order valence-electron chi connectivity index (χ1n) is 9.15. The van der Waals surface area contributed by atoms with Gasteiger partial charge in [-0.25, -0.2) is 4.98 Å². The Balaban J connectivity index is 1.61. The van der Waals surface area contributed by atoms with Gasteiger partial charge in [-0.05, 0) is 12.8 Å². The van der Waals surface area contributed by atoms with Gasteiger partial charge in [-0.3, -0.25) is 9.78 Å². The fraction of sp³-hybridized carbons (Fsp3) is 0.444. The molecule has 9 heteroatoms. The summed E-state index contributed by atoms with van der Waals surface area (Å²) in [4.78, 5) is 27.5. The number of aromatic nitrogens is 5. The second-order valence-corrected chi connectivity index (χ2v) is 7.21. The van der Waals surface area contributed by atoms with Gasteiger partial charge in [-0.15, -0.1) is 0 Å². The monoisotopic (exact) mass is 368 g/mol. The highest BCUT2D eigenvalue weighted by molar-refractivity contribution is 5.54. The van der Waals surface area contributed by atoms with Crippen molar-refractivity contribution in [2.75, 3.05) is 41.7 Å². The summed E-state index contributed by atoms with van der Waals surface area (Å²) in [5.41, 5.74) is 8.32. The van der Waals surface area contributed by atoms with E-state index in [1.54, 1.807) is 0 Å². The second kappa shape index (κ2) is 6.57. The molecule has 4 heterocycles. The van der Waals surface area contributed by atoms with E-state index in [1.165, 1.54) is 6.07 Å². The van der Waals surface area contributed by atoms with Gasteiger partial charge in [0.15, 0.2) is 5.65 Å². The molecule has 0 spiro atoms. The zero-order valence-corrected chi connectivity index (χ0v) is 15.8. The summed E-state index contributed by atoms with van der Waals surface area (Å²) in [6, 6.07) is 5.63. The number of aryl methyl sites for hydroxylation is 1. The first kappa shape index (κ1) is 17.3. The Bertz CT molecular complexity index is 1030. The molecule has 27 heavy (non-hydrogen) atoms. The van der Waals surface area contributed by atoms with Gasteiger partial charge >= 0.3 is 0 Å². The second-order valence-electron chi connectivity index (χ2n) is 7.21. The third-order valence-corrected chi connectivity index (χ3v) is 4.82. The van der Waals surface area contributed by atoms with Gasteiger partial charge in [0.2, 0.25) is 5.95 Å². The molecule has 1 saturated heterocycles. The lowest BCUT2D eigenvalue weighted by molar-refractivity contribution is 0.630. The van der Waals surface area contributed by atoms with Crippen molar-refractivity contribution >= 4 is 23.2 Å². The van der Waals surface area contributed by atoms with E-state index < -0.39 is 0 Å². The van der Waals surface area contributed by atoms with Crippen LogP contribution in [0.2, 0.25) is 0 Å². The molecule has 3 aromatic heterocycles. The minimum atomic E-state index is -0.232. The molecule has 0 unspecified atom stereocenters. The zero-order valence-electron chi connectivity index (χ0n) is 15.8. The van der Waals surface area contributed by atoms with Crippen LogP contribution in [0, 0.1) is 6.92 Å². The first-order chi connectivity index (χ1) is 12.9. The van der Waals surface area contributed by atoms with E-state index >= 15 is 0 Å². The number of anilines is 3. The highest BCUT2D eigenvalue weighted by Crippen LogP contribution is 2.24. The van der Waals surface area contributed by atoms with Crippen LogP contribution in [-0.2, 0) is 0 Å². The van der Waals surface area contributed by atoms with Crippen molar-refractivity contribution in [3.8, 4) is 0 Å². The molecule has 1 fully saturated rings. The SMILES string of the molecule is Cc1cc2nc(C(C)C)cc(N3CCN(c4cc(=O)[nH]c(N)n4)CC3)n2n1. The van der Waals surface area contributed by atoms with Crippen LogP contribution in [0.3, 0.4) is 0 Å². The summed E-state index contributed by atoms with van der Waals surface area (Å²) in [6.07, 6.45) is 0. The van der Waals surface area contributed by atoms with Crippen molar-refractivity contribution in [2.24, 2.45) is 0 Å². The molecule has 0 aromatic carbocycles. The topological polar surface area (TPSA) is 108 Å². The van der Waals surface area contributed by atoms with Crippen LogP contribution in [0.1, 0.15) is 31.2 Å². The van der Waals surface area contributed by atoms with E-state index in [-0.39, 0.29) is 11.5 Å². The summed E-state index contributed by atoms with van der Waals surface area (Å²) in [5.74, 6) is 2.15. The van der Waals surface area contributed by atoms with Crippen LogP contribution in [-0.4, -0.2) is 50.7 Å². The molecular weight excluding hydrogens is 344 g/mol. The van der Waals surface area contributed by atoms with Gasteiger partial charge in [-0.2, -0.15) is 14.6 Å². The van der Waals surface area contributed by atoms with E-state index in [1.807, 2.05) is 17.5 Å². The quantitative estimate of drug-likeness (QED) is 0.714. The third kappa shape index (κ3) is 3.32. The van der Waals surface area contributed by atoms with E-state index in [0.29, 0.717) is 11.7 Å². The Kier molecular flexibility index (Phi) is 4.21. The molecule has 3 aromatic rings. The Morgan fingerprint density at radius 1 is 1.07 bits per heavy atom. The molecule has 0 atom stereocenters. The number of nitrogens with zero attached hydrogens (tertiary/aromatic N) is 6. The Labute approximate surface area is 156 Å². The van der Waals surface area contributed by atoms with Gasteiger partial charge in [0.05, 0.1) is 5.69 Å². The lowest BCUT2D eigenvalue weighted by atomic mass is 10.1. The van der Waals surface area contributed by atoms with Crippen molar-refractivity contribution in [3.63, 3.8) is 0 Å². The summed E-state index contributed by atoms with van der Waals surface area (Å²) < 4.78 is 1.92. The summed E-state index contributed by atoms with van der Waals surface area (Å²) in [7, 11) is 0. The summed E-state index contributed by atoms with van der Waals surface area (Å²) >= 11 is 0. The van der Waals surface area contributed by atoms with Crippen molar-refractivity contribution in [1.82, 2.24) is 24.6 Å². The minimum absolute atomic E-state index is 0.143. The van der Waals surface area contributed by atoms with Crippen molar-refractivity contribution < 1.29 is 0 Å². The Hall–Kier alpha value is -3.10. The average molecular weight is 368 g/mol. The van der Waals surface area contributed by atoms with Gasteiger partial charge < -0.3 is 15.5 Å². The number of hydrogen-bond donors (Lipinski definition) is 2. The third-order valence-electron chi connectivity index (χ3n) is 4.82. The molecule has 1 aliphatic heterocycles. The molecular formula is C18H24N8O. The molecule has 0 amide bonds. The van der Waals surface area contributed by atoms with Crippen LogP contribution in [0.25, 0.3) is 5.65 Å². The highest BCUT2D eigenvalue weighted by Gasteiger charge is 2.22. The van der Waals surface area contributed by atoms with Crippen LogP contribution in [0.15, 0.2) is 23.0 Å². The molecule has 0 aliphatic carbocycles. The maximum atomic E-state index is 11.7. The standard InChI is InChI=1S/C18H24N8O/c1-11(2)13-9-17(26-15(20-13)8-12(3)23-26)25-6-4-24(5-7-25)14-10-16(27)22-18(19)21-14/h8-11H,4-7H2,1-3H3,(H3,19,21,22,27). The predicted molar refractivity (Wildman–Crippen MR) is 106 cm³/mol. The summed E-state index contributed by atoms with van der Waals surface area (Å²) in [6.45, 7) is 9.36. The van der Waals surface area contributed by atoms with E-state index in [0.717, 1.165) is 49.0 Å². The summed E-state index contributed by atoms with van der Waals surface area (Å²) in [5, 5.41) is 4.61. The fourth-order valence-corrected chi connectivity index (χ4v) is 3.40. The number of piperazine rings is 1. The van der Waals surface area contributed by atoms with Crippen LogP contribution in [0.5, 0.6) is 0 Å². The van der Waals surface area contributed by atoms with Gasteiger partial charge in [0.1, 0.15) is 11.6 Å². The van der Waals surface area contributed by atoms with Gasteiger partial charge in [-0.1, -0.05) is 13.8 Å². The van der Waals surface area contributed by atoms with Gasteiger partial charge in [0.25, 0.3) is 5.56 Å². The zero-order chi connectivity index (χ0) is 19.1. The molecule has 0 bridgehead atoms. The molecule has 9 nitrogen and oxygen atoms in total. The van der Waals surface area contributed by atoms with Gasteiger partial charge in [0, 0.05) is 50.1 Å². The first-order valence-corrected chi connectivity index (χ1v) is 9.15. The largest absolute Gasteiger partial charge is 0.369 e. The molecule has 0 radical (unpaired) electrons. The number of rotatable bonds is 3. The number of fused-ring (bicyclic) bond motifs is 1. The predicted octanol–water partition coefficient (Wildman–Crippen LogP) is 1.15. The number of nitrogens with one attached hydrogen (secondary N) is 1. The fourth-order valence-electron chi connectivity index (χ4n) is 3.40. The van der Waals surface area contributed by atoms with Crippen molar-refractivity contribution in [2.45, 2.75) is 26.7 Å². The van der Waals surface area contributed by atoms with Crippen molar-refractivity contribution in [1.29, 1.82) is 0 Å². The van der Waals surface area contributed by atoms with E-state index in [4.69, 9.17) is 10.7 Å². The maximum Gasteiger partial charge on any atom is 0.254 e. The van der Waals surface area contributed by atoms with Crippen LogP contribution in [0.4, 0.5) is 17.6 Å². The molecule has 142 valence electrons. The minimum Gasteiger partial charge on any atom is -0.369 e. The normalized spacial score (nSPS) is 15.1. The molecule has 4 rings (SSSR count). The molecule has 3 N–H and O–H groups in total. The lowest BCUT2D eigenvalue weighted by Gasteiger charge is -2.36. The lowest BCUT2D eigenvalue weighted by Crippen LogP contribution is -2.47. The number of nitrogens with two attached hydrogens (primary N) is 1. The number of nitrogen functional groups attached to an aromatic ring is 1. The molecule has 1 aliphatic rings. The smallest absolute Gasteiger partial charge is 0.254 e. The average Bonchev–Trinajstić information content (AvgIpc) is 3.00.